The maximum absolute atomic E-state index is 13.2. The molecule has 1 aromatic rings. The second kappa shape index (κ2) is 5.43. The molecule has 0 saturated heterocycles. The topological polar surface area (TPSA) is 55.4 Å². The van der Waals surface area contributed by atoms with Crippen molar-refractivity contribution in [3.8, 4) is 0 Å². The van der Waals surface area contributed by atoms with E-state index >= 15 is 0 Å². The van der Waals surface area contributed by atoms with Gasteiger partial charge >= 0.3 is 5.97 Å². The van der Waals surface area contributed by atoms with Crippen LogP contribution in [-0.4, -0.2) is 24.9 Å². The lowest BCUT2D eigenvalue weighted by Gasteiger charge is -2.13. The first-order valence-corrected chi connectivity index (χ1v) is 5.10. The molecule has 0 amide bonds. The average Bonchev–Trinajstić information content (AvgIpc) is 2.26. The summed E-state index contributed by atoms with van der Waals surface area (Å²) < 4.78 is 17.7. The van der Waals surface area contributed by atoms with E-state index < -0.39 is 17.8 Å². The number of methoxy groups -OCH3 is 1. The molecule has 4 nitrogen and oxygen atoms in total. The summed E-state index contributed by atoms with van der Waals surface area (Å²) in [7, 11) is 1.27. The maximum atomic E-state index is 13.2. The molecule has 0 fully saturated rings. The molecule has 0 spiro atoms. The second-order valence-corrected chi connectivity index (χ2v) is 3.67. The van der Waals surface area contributed by atoms with Crippen LogP contribution in [0.1, 0.15) is 24.2 Å². The van der Waals surface area contributed by atoms with Crippen molar-refractivity contribution in [1.29, 1.82) is 0 Å². The van der Waals surface area contributed by atoms with E-state index in [1.54, 1.807) is 6.92 Å². The number of halogens is 1. The van der Waals surface area contributed by atoms with Gasteiger partial charge in [-0.05, 0) is 32.0 Å². The molecule has 1 rings (SSSR count). The molecule has 0 aliphatic heterocycles. The van der Waals surface area contributed by atoms with Gasteiger partial charge in [0, 0.05) is 11.3 Å². The molecule has 0 aromatic heterocycles. The monoisotopic (exact) mass is 239 g/mol. The van der Waals surface area contributed by atoms with Crippen molar-refractivity contribution < 1.29 is 18.7 Å². The molecule has 1 unspecified atom stereocenters. The highest BCUT2D eigenvalue weighted by Gasteiger charge is 2.13. The van der Waals surface area contributed by atoms with Crippen LogP contribution in [-0.2, 0) is 9.53 Å². The third kappa shape index (κ3) is 3.55. The molecular formula is C12H14FNO3. The van der Waals surface area contributed by atoms with Crippen molar-refractivity contribution in [1.82, 2.24) is 0 Å². The Morgan fingerprint density at radius 3 is 2.53 bits per heavy atom. The number of rotatable bonds is 4. The smallest absolute Gasteiger partial charge is 0.327 e. The first-order valence-electron chi connectivity index (χ1n) is 5.10. The van der Waals surface area contributed by atoms with Gasteiger partial charge < -0.3 is 10.1 Å². The summed E-state index contributed by atoms with van der Waals surface area (Å²) in [6.45, 7) is 2.94. The van der Waals surface area contributed by atoms with Crippen LogP contribution in [0, 0.1) is 5.82 Å². The summed E-state index contributed by atoms with van der Waals surface area (Å²) in [4.78, 5) is 22.3. The molecule has 0 heterocycles. The van der Waals surface area contributed by atoms with Crippen molar-refractivity contribution in [2.24, 2.45) is 0 Å². The molecule has 1 N–H and O–H groups in total. The molecule has 0 saturated carbocycles. The van der Waals surface area contributed by atoms with Crippen molar-refractivity contribution in [2.45, 2.75) is 19.9 Å². The Kier molecular flexibility index (Phi) is 4.20. The van der Waals surface area contributed by atoms with E-state index in [-0.39, 0.29) is 11.3 Å². The van der Waals surface area contributed by atoms with E-state index in [1.807, 2.05) is 0 Å². The molecule has 17 heavy (non-hydrogen) atoms. The Bertz CT molecular complexity index is 445. The van der Waals surface area contributed by atoms with Crippen molar-refractivity contribution in [2.75, 3.05) is 12.4 Å². The van der Waals surface area contributed by atoms with Gasteiger partial charge in [-0.25, -0.2) is 9.18 Å². The summed E-state index contributed by atoms with van der Waals surface area (Å²) in [6, 6.07) is 3.24. The number of anilines is 1. The molecular weight excluding hydrogens is 225 g/mol. The fourth-order valence-electron chi connectivity index (χ4n) is 1.36. The standard InChI is InChI=1S/C12H14FNO3/c1-7(12(16)17-3)14-11-5-9(8(2)15)4-10(13)6-11/h4-7,14H,1-3H3. The predicted octanol–water partition coefficient (Wildman–Crippen LogP) is 2.00. The van der Waals surface area contributed by atoms with E-state index in [2.05, 4.69) is 10.1 Å². The highest BCUT2D eigenvalue weighted by Crippen LogP contribution is 2.15. The minimum Gasteiger partial charge on any atom is -0.467 e. The Labute approximate surface area is 98.8 Å². The number of benzene rings is 1. The predicted molar refractivity (Wildman–Crippen MR) is 61.5 cm³/mol. The number of hydrogen-bond acceptors (Lipinski definition) is 4. The van der Waals surface area contributed by atoms with Crippen molar-refractivity contribution in [3.05, 3.63) is 29.6 Å². The average molecular weight is 239 g/mol. The fourth-order valence-corrected chi connectivity index (χ4v) is 1.36. The van der Waals surface area contributed by atoms with Crippen LogP contribution in [0.2, 0.25) is 0 Å². The van der Waals surface area contributed by atoms with Gasteiger partial charge in [0.05, 0.1) is 7.11 Å². The summed E-state index contributed by atoms with van der Waals surface area (Å²) >= 11 is 0. The second-order valence-electron chi connectivity index (χ2n) is 3.67. The first-order chi connectivity index (χ1) is 7.93. The molecule has 0 radical (unpaired) electrons. The van der Waals surface area contributed by atoms with Gasteiger partial charge in [0.1, 0.15) is 11.9 Å². The highest BCUT2D eigenvalue weighted by atomic mass is 19.1. The van der Waals surface area contributed by atoms with Crippen LogP contribution in [0.3, 0.4) is 0 Å². The van der Waals surface area contributed by atoms with Gasteiger partial charge in [0.2, 0.25) is 0 Å². The Hall–Kier alpha value is -1.91. The van der Waals surface area contributed by atoms with Gasteiger partial charge in [0.15, 0.2) is 5.78 Å². The van der Waals surface area contributed by atoms with Crippen LogP contribution in [0.4, 0.5) is 10.1 Å². The van der Waals surface area contributed by atoms with E-state index in [9.17, 15) is 14.0 Å². The van der Waals surface area contributed by atoms with E-state index in [0.717, 1.165) is 6.07 Å². The normalized spacial score (nSPS) is 11.8. The lowest BCUT2D eigenvalue weighted by molar-refractivity contribution is -0.141. The molecule has 0 aliphatic carbocycles. The molecule has 92 valence electrons. The minimum atomic E-state index is -0.610. The maximum Gasteiger partial charge on any atom is 0.327 e. The van der Waals surface area contributed by atoms with Crippen molar-refractivity contribution >= 4 is 17.4 Å². The van der Waals surface area contributed by atoms with Crippen LogP contribution >= 0.6 is 0 Å². The number of esters is 1. The van der Waals surface area contributed by atoms with E-state index in [0.29, 0.717) is 5.69 Å². The zero-order chi connectivity index (χ0) is 13.0. The molecule has 0 aliphatic rings. The molecule has 5 heteroatoms. The Balaban J connectivity index is 2.91. The van der Waals surface area contributed by atoms with Gasteiger partial charge in [-0.2, -0.15) is 0 Å². The van der Waals surface area contributed by atoms with E-state index in [1.165, 1.54) is 26.2 Å². The summed E-state index contributed by atoms with van der Waals surface area (Å²) in [5.41, 5.74) is 0.623. The minimum absolute atomic E-state index is 0.238. The fraction of sp³-hybridized carbons (Fsp3) is 0.333. The third-order valence-corrected chi connectivity index (χ3v) is 2.24. The van der Waals surface area contributed by atoms with Gasteiger partial charge in [-0.3, -0.25) is 4.79 Å². The van der Waals surface area contributed by atoms with Crippen LogP contribution < -0.4 is 5.32 Å². The highest BCUT2D eigenvalue weighted by molar-refractivity contribution is 5.95. The molecule has 1 atom stereocenters. The number of ether oxygens (including phenoxy) is 1. The largest absolute Gasteiger partial charge is 0.467 e. The Morgan fingerprint density at radius 2 is 2.00 bits per heavy atom. The SMILES string of the molecule is COC(=O)C(C)Nc1cc(F)cc(C(C)=O)c1. The van der Waals surface area contributed by atoms with Gasteiger partial charge in [-0.1, -0.05) is 0 Å². The first kappa shape index (κ1) is 13.2. The van der Waals surface area contributed by atoms with Crippen molar-refractivity contribution in [3.63, 3.8) is 0 Å². The number of Topliss-reactive ketones (excluding diaryl/α,β-unsaturated/α-hetero) is 1. The zero-order valence-electron chi connectivity index (χ0n) is 9.91. The number of hydrogen-bond donors (Lipinski definition) is 1. The number of carbonyl (C=O) groups excluding carboxylic acids is 2. The molecule has 1 aromatic carbocycles. The van der Waals surface area contributed by atoms with E-state index in [4.69, 9.17) is 0 Å². The number of nitrogens with one attached hydrogen (secondary N) is 1. The number of carbonyl (C=O) groups is 2. The third-order valence-electron chi connectivity index (χ3n) is 2.24. The van der Waals surface area contributed by atoms with Gasteiger partial charge in [0.25, 0.3) is 0 Å². The summed E-state index contributed by atoms with van der Waals surface area (Å²) in [5, 5.41) is 2.76. The quantitative estimate of drug-likeness (QED) is 0.645. The Morgan fingerprint density at radius 1 is 1.35 bits per heavy atom. The lowest BCUT2D eigenvalue weighted by Crippen LogP contribution is -2.27. The number of ketones is 1. The van der Waals surface area contributed by atoms with Crippen LogP contribution in [0.15, 0.2) is 18.2 Å². The van der Waals surface area contributed by atoms with Crippen LogP contribution in [0.5, 0.6) is 0 Å². The van der Waals surface area contributed by atoms with Crippen LogP contribution in [0.25, 0.3) is 0 Å². The summed E-state index contributed by atoms with van der Waals surface area (Å²) in [5.74, 6) is -1.23. The molecule has 0 bridgehead atoms. The lowest BCUT2D eigenvalue weighted by atomic mass is 10.1. The zero-order valence-corrected chi connectivity index (χ0v) is 9.91. The summed E-state index contributed by atoms with van der Waals surface area (Å²) in [6.07, 6.45) is 0. The van der Waals surface area contributed by atoms with Gasteiger partial charge in [-0.15, -0.1) is 0 Å².